The lowest BCUT2D eigenvalue weighted by Gasteiger charge is -2.29. The van der Waals surface area contributed by atoms with Crippen LogP contribution in [0.3, 0.4) is 0 Å². The topological polar surface area (TPSA) is 78.4 Å². The lowest BCUT2D eigenvalue weighted by Crippen LogP contribution is -2.30. The van der Waals surface area contributed by atoms with Gasteiger partial charge in [0.05, 0.1) is 19.4 Å². The van der Waals surface area contributed by atoms with Crippen LogP contribution in [0.1, 0.15) is 63.8 Å². The predicted molar refractivity (Wildman–Crippen MR) is 88.3 cm³/mol. The molecule has 0 amide bonds. The van der Waals surface area contributed by atoms with Gasteiger partial charge in [-0.25, -0.2) is 9.97 Å². The molecule has 1 fully saturated rings. The van der Waals surface area contributed by atoms with E-state index in [4.69, 9.17) is 4.74 Å². The number of methoxy groups -OCH3 is 1. The van der Waals surface area contributed by atoms with Crippen LogP contribution >= 0.6 is 0 Å². The van der Waals surface area contributed by atoms with Gasteiger partial charge in [0, 0.05) is 18.3 Å². The minimum atomic E-state index is -0.438. The maximum Gasteiger partial charge on any atom is 0.310 e. The highest BCUT2D eigenvalue weighted by atomic mass is 16.6. The van der Waals surface area contributed by atoms with Crippen molar-refractivity contribution in [2.75, 3.05) is 7.11 Å². The lowest BCUT2D eigenvalue weighted by atomic mass is 9.81. The second-order valence-corrected chi connectivity index (χ2v) is 7.28. The summed E-state index contributed by atoms with van der Waals surface area (Å²) >= 11 is 0. The summed E-state index contributed by atoms with van der Waals surface area (Å²) < 4.78 is 10.1. The molecule has 1 aromatic heterocycles. The molecule has 0 N–H and O–H groups in total. The van der Waals surface area contributed by atoms with Gasteiger partial charge in [0.2, 0.25) is 0 Å². The van der Waals surface area contributed by atoms with Crippen molar-refractivity contribution in [3.05, 3.63) is 23.8 Å². The predicted octanol–water partition coefficient (Wildman–Crippen LogP) is 2.81. The van der Waals surface area contributed by atoms with Gasteiger partial charge < -0.3 is 9.47 Å². The summed E-state index contributed by atoms with van der Waals surface area (Å²) in [6.45, 7) is 5.67. The Hall–Kier alpha value is -1.98. The number of carbonyl (C=O) groups is 2. The number of aromatic nitrogens is 2. The highest BCUT2D eigenvalue weighted by Gasteiger charge is 2.31. The summed E-state index contributed by atoms with van der Waals surface area (Å²) in [6, 6.07) is 0. The van der Waals surface area contributed by atoms with Gasteiger partial charge in [-0.05, 0) is 52.0 Å². The van der Waals surface area contributed by atoms with Crippen molar-refractivity contribution < 1.29 is 19.1 Å². The molecule has 6 nitrogen and oxygen atoms in total. The van der Waals surface area contributed by atoms with Crippen molar-refractivity contribution in [1.82, 2.24) is 9.97 Å². The molecule has 0 bridgehead atoms. The molecule has 132 valence electrons. The number of ether oxygens (including phenoxy) is 2. The molecule has 1 aromatic rings. The fraction of sp³-hybridized carbons (Fsp3) is 0.667. The van der Waals surface area contributed by atoms with Gasteiger partial charge in [0.1, 0.15) is 11.4 Å². The zero-order chi connectivity index (χ0) is 17.7. The van der Waals surface area contributed by atoms with E-state index in [1.165, 1.54) is 7.11 Å². The van der Waals surface area contributed by atoms with Crippen molar-refractivity contribution in [1.29, 1.82) is 0 Å². The van der Waals surface area contributed by atoms with E-state index in [0.717, 1.165) is 37.1 Å². The first-order valence-corrected chi connectivity index (χ1v) is 8.39. The van der Waals surface area contributed by atoms with Crippen LogP contribution in [0.5, 0.6) is 0 Å². The SMILES string of the molecule is COC(=O)Cc1cnc(C2CCC(C(=O)OC(C)(C)C)CC2)nc1. The van der Waals surface area contributed by atoms with Crippen LogP contribution in [0.4, 0.5) is 0 Å². The highest BCUT2D eigenvalue weighted by Crippen LogP contribution is 2.35. The monoisotopic (exact) mass is 334 g/mol. The molecule has 0 aliphatic heterocycles. The Kier molecular flexibility index (Phi) is 5.91. The van der Waals surface area contributed by atoms with Gasteiger partial charge in [-0.1, -0.05) is 0 Å². The Morgan fingerprint density at radius 1 is 1.12 bits per heavy atom. The molecule has 0 aromatic carbocycles. The first-order valence-electron chi connectivity index (χ1n) is 8.39. The smallest absolute Gasteiger partial charge is 0.310 e. The molecule has 0 radical (unpaired) electrons. The maximum atomic E-state index is 12.1. The zero-order valence-electron chi connectivity index (χ0n) is 14.9. The Labute approximate surface area is 143 Å². The van der Waals surface area contributed by atoms with E-state index in [2.05, 4.69) is 14.7 Å². The maximum absolute atomic E-state index is 12.1. The highest BCUT2D eigenvalue weighted by molar-refractivity contribution is 5.73. The fourth-order valence-electron chi connectivity index (χ4n) is 2.88. The Morgan fingerprint density at radius 2 is 1.71 bits per heavy atom. The van der Waals surface area contributed by atoms with Gasteiger partial charge in [-0.15, -0.1) is 0 Å². The first kappa shape index (κ1) is 18.4. The third kappa shape index (κ3) is 5.28. The van der Waals surface area contributed by atoms with Crippen LogP contribution in [0.2, 0.25) is 0 Å². The molecule has 0 atom stereocenters. The van der Waals surface area contributed by atoms with Gasteiger partial charge in [-0.2, -0.15) is 0 Å². The van der Waals surface area contributed by atoms with E-state index < -0.39 is 5.60 Å². The lowest BCUT2D eigenvalue weighted by molar-refractivity contribution is -0.161. The number of esters is 2. The molecule has 2 rings (SSSR count). The number of hydrogen-bond donors (Lipinski definition) is 0. The number of hydrogen-bond acceptors (Lipinski definition) is 6. The van der Waals surface area contributed by atoms with Gasteiger partial charge in [-0.3, -0.25) is 9.59 Å². The average Bonchev–Trinajstić information content (AvgIpc) is 2.54. The van der Waals surface area contributed by atoms with Crippen LogP contribution in [0.25, 0.3) is 0 Å². The molecule has 6 heteroatoms. The van der Waals surface area contributed by atoms with Crippen molar-refractivity contribution in [3.8, 4) is 0 Å². The summed E-state index contributed by atoms with van der Waals surface area (Å²) in [5.74, 6) is 0.612. The van der Waals surface area contributed by atoms with Crippen LogP contribution in [0.15, 0.2) is 12.4 Å². The normalized spacial score (nSPS) is 21.2. The Bertz CT molecular complexity index is 570. The van der Waals surface area contributed by atoms with E-state index in [1.807, 2.05) is 20.8 Å². The molecular weight excluding hydrogens is 308 g/mol. The standard InChI is InChI=1S/C18H26N2O4/c1-18(2,3)24-17(22)14-7-5-13(6-8-14)16-19-10-12(11-20-16)9-15(21)23-4/h10-11,13-14H,5-9H2,1-4H3. The fourth-order valence-corrected chi connectivity index (χ4v) is 2.88. The van der Waals surface area contributed by atoms with E-state index in [-0.39, 0.29) is 30.2 Å². The van der Waals surface area contributed by atoms with Crippen LogP contribution in [-0.2, 0) is 25.5 Å². The first-order chi connectivity index (χ1) is 11.3. The number of carbonyl (C=O) groups excluding carboxylic acids is 2. The quantitative estimate of drug-likeness (QED) is 0.788. The summed E-state index contributed by atoms with van der Waals surface area (Å²) in [4.78, 5) is 32.1. The molecule has 1 heterocycles. The second kappa shape index (κ2) is 7.73. The van der Waals surface area contributed by atoms with E-state index in [0.29, 0.717) is 0 Å². The minimum absolute atomic E-state index is 0.0286. The van der Waals surface area contributed by atoms with Crippen molar-refractivity contribution in [3.63, 3.8) is 0 Å². The molecule has 0 spiro atoms. The van der Waals surface area contributed by atoms with Gasteiger partial charge in [0.25, 0.3) is 0 Å². The van der Waals surface area contributed by atoms with E-state index >= 15 is 0 Å². The van der Waals surface area contributed by atoms with E-state index in [9.17, 15) is 9.59 Å². The minimum Gasteiger partial charge on any atom is -0.469 e. The van der Waals surface area contributed by atoms with Crippen LogP contribution < -0.4 is 0 Å². The summed E-state index contributed by atoms with van der Waals surface area (Å²) in [6.07, 6.45) is 6.89. The third-order valence-electron chi connectivity index (χ3n) is 4.13. The van der Waals surface area contributed by atoms with E-state index in [1.54, 1.807) is 12.4 Å². The van der Waals surface area contributed by atoms with Crippen molar-refractivity contribution in [2.24, 2.45) is 5.92 Å². The Balaban J connectivity index is 1.88. The van der Waals surface area contributed by atoms with Crippen LogP contribution in [-0.4, -0.2) is 34.6 Å². The molecule has 24 heavy (non-hydrogen) atoms. The Morgan fingerprint density at radius 3 is 2.21 bits per heavy atom. The average molecular weight is 334 g/mol. The molecular formula is C18H26N2O4. The van der Waals surface area contributed by atoms with Crippen molar-refractivity contribution in [2.45, 2.75) is 64.4 Å². The van der Waals surface area contributed by atoms with Crippen LogP contribution in [0, 0.1) is 5.92 Å². The zero-order valence-corrected chi connectivity index (χ0v) is 14.9. The largest absolute Gasteiger partial charge is 0.469 e. The third-order valence-corrected chi connectivity index (χ3v) is 4.13. The van der Waals surface area contributed by atoms with Gasteiger partial charge >= 0.3 is 11.9 Å². The van der Waals surface area contributed by atoms with Crippen molar-refractivity contribution >= 4 is 11.9 Å². The summed E-state index contributed by atoms with van der Waals surface area (Å²) in [5.41, 5.74) is 0.306. The number of nitrogens with zero attached hydrogens (tertiary/aromatic N) is 2. The second-order valence-electron chi connectivity index (χ2n) is 7.28. The molecule has 0 saturated heterocycles. The molecule has 1 aliphatic carbocycles. The van der Waals surface area contributed by atoms with Gasteiger partial charge in [0.15, 0.2) is 0 Å². The number of rotatable bonds is 4. The summed E-state index contributed by atoms with van der Waals surface area (Å²) in [7, 11) is 1.36. The molecule has 1 saturated carbocycles. The molecule has 1 aliphatic rings. The summed E-state index contributed by atoms with van der Waals surface area (Å²) in [5, 5.41) is 0. The molecule has 0 unspecified atom stereocenters.